The standard InChI is InChI=1S/C10H12ClN5O2/c11-10-14-8(12)7-9(15-10)16(4-13-7)6-2-1-5(3-17)18-6/h4-6,17H,1-3H2,(H2,12,14,15)/t5-,6+/m1/s1. The molecule has 2 aromatic heterocycles. The molecule has 0 radical (unpaired) electrons. The fourth-order valence-corrected chi connectivity index (χ4v) is 2.32. The Balaban J connectivity index is 2.03. The van der Waals surface area contributed by atoms with E-state index < -0.39 is 0 Å². The molecule has 0 amide bonds. The number of anilines is 1. The second kappa shape index (κ2) is 4.34. The summed E-state index contributed by atoms with van der Waals surface area (Å²) in [5.41, 5.74) is 6.79. The molecule has 18 heavy (non-hydrogen) atoms. The van der Waals surface area contributed by atoms with Gasteiger partial charge in [-0.2, -0.15) is 9.97 Å². The lowest BCUT2D eigenvalue weighted by Gasteiger charge is -2.13. The Morgan fingerprint density at radius 3 is 3.06 bits per heavy atom. The van der Waals surface area contributed by atoms with Gasteiger partial charge in [0.25, 0.3) is 0 Å². The second-order valence-electron chi connectivity index (χ2n) is 4.17. The van der Waals surface area contributed by atoms with Gasteiger partial charge in [0.05, 0.1) is 19.0 Å². The number of halogens is 1. The summed E-state index contributed by atoms with van der Waals surface area (Å²) in [6.45, 7) is 0.0149. The van der Waals surface area contributed by atoms with Gasteiger partial charge in [0.1, 0.15) is 11.7 Å². The molecule has 3 N–H and O–H groups in total. The molecule has 96 valence electrons. The Labute approximate surface area is 108 Å². The number of nitrogens with two attached hydrogens (primary N) is 1. The number of aliphatic hydroxyl groups is 1. The van der Waals surface area contributed by atoms with Gasteiger partial charge in [0.2, 0.25) is 5.28 Å². The van der Waals surface area contributed by atoms with Crippen molar-refractivity contribution in [2.24, 2.45) is 0 Å². The van der Waals surface area contributed by atoms with Crippen LogP contribution in [-0.2, 0) is 4.74 Å². The van der Waals surface area contributed by atoms with Crippen LogP contribution in [0, 0.1) is 0 Å². The minimum Gasteiger partial charge on any atom is -0.394 e. The lowest BCUT2D eigenvalue weighted by Crippen LogP contribution is -2.14. The maximum atomic E-state index is 9.07. The average Bonchev–Trinajstić information content (AvgIpc) is 2.93. The van der Waals surface area contributed by atoms with E-state index in [1.807, 2.05) is 0 Å². The molecule has 0 spiro atoms. The first kappa shape index (κ1) is 11.6. The highest BCUT2D eigenvalue weighted by Gasteiger charge is 2.27. The van der Waals surface area contributed by atoms with Gasteiger partial charge < -0.3 is 15.6 Å². The summed E-state index contributed by atoms with van der Waals surface area (Å²) >= 11 is 5.79. The predicted molar refractivity (Wildman–Crippen MR) is 65.0 cm³/mol. The second-order valence-corrected chi connectivity index (χ2v) is 4.51. The van der Waals surface area contributed by atoms with Crippen molar-refractivity contribution >= 4 is 28.6 Å². The van der Waals surface area contributed by atoms with Crippen LogP contribution in [-0.4, -0.2) is 37.3 Å². The van der Waals surface area contributed by atoms with Gasteiger partial charge >= 0.3 is 0 Å². The number of rotatable bonds is 2. The summed E-state index contributed by atoms with van der Waals surface area (Å²) in [7, 11) is 0. The van der Waals surface area contributed by atoms with Crippen molar-refractivity contribution in [3.63, 3.8) is 0 Å². The number of aromatic nitrogens is 4. The van der Waals surface area contributed by atoms with E-state index >= 15 is 0 Å². The van der Waals surface area contributed by atoms with E-state index in [1.54, 1.807) is 10.9 Å². The predicted octanol–water partition coefficient (Wildman–Crippen LogP) is 0.732. The number of imidazole rings is 1. The zero-order valence-electron chi connectivity index (χ0n) is 9.45. The normalized spacial score (nSPS) is 23.9. The Morgan fingerprint density at radius 1 is 1.50 bits per heavy atom. The number of fused-ring (bicyclic) bond motifs is 1. The van der Waals surface area contributed by atoms with Crippen LogP contribution in [0.25, 0.3) is 11.2 Å². The minimum atomic E-state index is -0.197. The molecular weight excluding hydrogens is 258 g/mol. The Morgan fingerprint density at radius 2 is 2.33 bits per heavy atom. The van der Waals surface area contributed by atoms with Crippen LogP contribution in [0.3, 0.4) is 0 Å². The molecule has 3 heterocycles. The van der Waals surface area contributed by atoms with Crippen LogP contribution in [0.2, 0.25) is 5.28 Å². The molecular formula is C10H12ClN5O2. The minimum absolute atomic E-state index is 0.0149. The highest BCUT2D eigenvalue weighted by molar-refractivity contribution is 6.28. The summed E-state index contributed by atoms with van der Waals surface area (Å²) in [5.74, 6) is 0.250. The smallest absolute Gasteiger partial charge is 0.226 e. The summed E-state index contributed by atoms with van der Waals surface area (Å²) in [6.07, 6.45) is 2.86. The van der Waals surface area contributed by atoms with E-state index in [4.69, 9.17) is 27.2 Å². The van der Waals surface area contributed by atoms with Gasteiger partial charge in [0, 0.05) is 0 Å². The van der Waals surface area contributed by atoms with Crippen LogP contribution < -0.4 is 5.73 Å². The van der Waals surface area contributed by atoms with Crippen molar-refractivity contribution in [3.8, 4) is 0 Å². The number of aliphatic hydroxyl groups excluding tert-OH is 1. The first-order chi connectivity index (χ1) is 8.69. The summed E-state index contributed by atoms with van der Waals surface area (Å²) in [5, 5.41) is 9.15. The number of nitrogen functional groups attached to an aromatic ring is 1. The van der Waals surface area contributed by atoms with Gasteiger partial charge in [-0.05, 0) is 24.4 Å². The largest absolute Gasteiger partial charge is 0.394 e. The lowest BCUT2D eigenvalue weighted by molar-refractivity contribution is -0.0207. The molecule has 0 aromatic carbocycles. The fraction of sp³-hybridized carbons (Fsp3) is 0.500. The molecule has 2 aromatic rings. The van der Waals surface area contributed by atoms with E-state index in [0.29, 0.717) is 11.2 Å². The van der Waals surface area contributed by atoms with Crippen LogP contribution in [0.5, 0.6) is 0 Å². The van der Waals surface area contributed by atoms with E-state index in [-0.39, 0.29) is 30.0 Å². The fourth-order valence-electron chi connectivity index (χ4n) is 2.15. The zero-order valence-corrected chi connectivity index (χ0v) is 10.2. The summed E-state index contributed by atoms with van der Waals surface area (Å²) < 4.78 is 7.44. The summed E-state index contributed by atoms with van der Waals surface area (Å²) in [4.78, 5) is 12.1. The molecule has 2 atom stereocenters. The third-order valence-corrected chi connectivity index (χ3v) is 3.19. The Bertz CT molecular complexity index is 587. The van der Waals surface area contributed by atoms with Crippen molar-refractivity contribution < 1.29 is 9.84 Å². The van der Waals surface area contributed by atoms with Gasteiger partial charge in [0.15, 0.2) is 11.5 Å². The average molecular weight is 270 g/mol. The van der Waals surface area contributed by atoms with Crippen LogP contribution in [0.1, 0.15) is 19.1 Å². The van der Waals surface area contributed by atoms with Crippen molar-refractivity contribution in [3.05, 3.63) is 11.6 Å². The molecule has 8 heteroatoms. The van der Waals surface area contributed by atoms with Crippen LogP contribution in [0.15, 0.2) is 6.33 Å². The molecule has 0 aliphatic carbocycles. The quantitative estimate of drug-likeness (QED) is 0.780. The highest BCUT2D eigenvalue weighted by Crippen LogP contribution is 2.31. The zero-order chi connectivity index (χ0) is 12.7. The maximum absolute atomic E-state index is 9.07. The molecule has 1 aliphatic rings. The van der Waals surface area contributed by atoms with Crippen LogP contribution in [0.4, 0.5) is 5.82 Å². The van der Waals surface area contributed by atoms with E-state index in [1.165, 1.54) is 0 Å². The highest BCUT2D eigenvalue weighted by atomic mass is 35.5. The SMILES string of the molecule is Nc1nc(Cl)nc2c1ncn2[C@@H]1CC[C@H](CO)O1. The third-order valence-electron chi connectivity index (χ3n) is 3.02. The molecule has 7 nitrogen and oxygen atoms in total. The third kappa shape index (κ3) is 1.80. The molecule has 1 saturated heterocycles. The molecule has 1 aliphatic heterocycles. The van der Waals surface area contributed by atoms with Crippen molar-refractivity contribution in [1.29, 1.82) is 0 Å². The van der Waals surface area contributed by atoms with E-state index in [9.17, 15) is 0 Å². The number of hydrogen-bond donors (Lipinski definition) is 2. The van der Waals surface area contributed by atoms with Crippen LogP contribution >= 0.6 is 11.6 Å². The van der Waals surface area contributed by atoms with Crippen molar-refractivity contribution in [2.45, 2.75) is 25.2 Å². The first-order valence-electron chi connectivity index (χ1n) is 5.61. The van der Waals surface area contributed by atoms with E-state index in [0.717, 1.165) is 12.8 Å². The summed E-state index contributed by atoms with van der Waals surface area (Å²) in [6, 6.07) is 0. The number of nitrogens with zero attached hydrogens (tertiary/aromatic N) is 4. The topological polar surface area (TPSA) is 99.1 Å². The number of hydrogen-bond acceptors (Lipinski definition) is 6. The Hall–Kier alpha value is -1.44. The number of ether oxygens (including phenoxy) is 1. The van der Waals surface area contributed by atoms with E-state index in [2.05, 4.69) is 15.0 Å². The van der Waals surface area contributed by atoms with Gasteiger partial charge in [-0.15, -0.1) is 0 Å². The van der Waals surface area contributed by atoms with Gasteiger partial charge in [-0.25, -0.2) is 4.98 Å². The molecule has 0 saturated carbocycles. The monoisotopic (exact) mass is 269 g/mol. The van der Waals surface area contributed by atoms with Crippen molar-refractivity contribution in [2.75, 3.05) is 12.3 Å². The maximum Gasteiger partial charge on any atom is 0.226 e. The lowest BCUT2D eigenvalue weighted by atomic mass is 10.2. The van der Waals surface area contributed by atoms with Gasteiger partial charge in [-0.3, -0.25) is 4.57 Å². The van der Waals surface area contributed by atoms with Gasteiger partial charge in [-0.1, -0.05) is 0 Å². The first-order valence-corrected chi connectivity index (χ1v) is 5.98. The molecule has 0 unspecified atom stereocenters. The van der Waals surface area contributed by atoms with Crippen molar-refractivity contribution in [1.82, 2.24) is 19.5 Å². The molecule has 0 bridgehead atoms. The Kier molecular flexibility index (Phi) is 2.81. The molecule has 1 fully saturated rings. The molecule has 3 rings (SSSR count).